The summed E-state index contributed by atoms with van der Waals surface area (Å²) in [6, 6.07) is 16.6. The molecule has 1 N–H and O–H groups in total. The molecule has 2 aromatic carbocycles. The lowest BCUT2D eigenvalue weighted by atomic mass is 9.68. The maximum atomic E-state index is 13.5. The molecule has 33 heavy (non-hydrogen) atoms. The summed E-state index contributed by atoms with van der Waals surface area (Å²) in [5.74, 6) is -0.00673. The summed E-state index contributed by atoms with van der Waals surface area (Å²) >= 11 is 5.99. The van der Waals surface area contributed by atoms with Gasteiger partial charge < -0.3 is 10.2 Å². The van der Waals surface area contributed by atoms with Gasteiger partial charge in [-0.25, -0.2) is 0 Å². The number of ketones is 1. The summed E-state index contributed by atoms with van der Waals surface area (Å²) in [7, 11) is 0. The first-order chi connectivity index (χ1) is 15.9. The summed E-state index contributed by atoms with van der Waals surface area (Å²) in [6.45, 7) is 4.77. The lowest BCUT2D eigenvalue weighted by Crippen LogP contribution is -2.55. The quantitative estimate of drug-likeness (QED) is 0.579. The number of rotatable bonds is 9. The van der Waals surface area contributed by atoms with Crippen molar-refractivity contribution in [3.05, 3.63) is 70.7 Å². The first kappa shape index (κ1) is 25.0. The van der Waals surface area contributed by atoms with Crippen molar-refractivity contribution in [1.82, 2.24) is 10.2 Å². The molecule has 0 aliphatic carbocycles. The Morgan fingerprint density at radius 3 is 2.21 bits per heavy atom. The smallest absolute Gasteiger partial charge is 0.245 e. The lowest BCUT2D eigenvalue weighted by Gasteiger charge is -2.42. The van der Waals surface area contributed by atoms with Gasteiger partial charge >= 0.3 is 0 Å². The zero-order valence-corrected chi connectivity index (χ0v) is 20.2. The van der Waals surface area contributed by atoms with Gasteiger partial charge in [0.2, 0.25) is 11.8 Å². The Hall–Kier alpha value is -2.66. The molecule has 1 atom stereocenters. The number of piperidine rings is 1. The number of halogens is 1. The van der Waals surface area contributed by atoms with Gasteiger partial charge in [-0.2, -0.15) is 0 Å². The van der Waals surface area contributed by atoms with E-state index in [2.05, 4.69) is 5.32 Å². The van der Waals surface area contributed by atoms with Crippen molar-refractivity contribution in [2.24, 2.45) is 0 Å². The Morgan fingerprint density at radius 2 is 1.64 bits per heavy atom. The van der Waals surface area contributed by atoms with E-state index in [9.17, 15) is 14.4 Å². The van der Waals surface area contributed by atoms with Gasteiger partial charge in [0.25, 0.3) is 0 Å². The summed E-state index contributed by atoms with van der Waals surface area (Å²) in [6.07, 6.45) is 3.24. The molecule has 2 amide bonds. The van der Waals surface area contributed by atoms with E-state index >= 15 is 0 Å². The SMILES string of the molecule is CCCC(=O)C1(c2ccccc2)CCN(C(=O)C(Cc2ccc(Cl)cc2)NC(=O)CC)CC1. The molecule has 0 spiro atoms. The monoisotopic (exact) mass is 468 g/mol. The number of hydrogen-bond acceptors (Lipinski definition) is 3. The van der Waals surface area contributed by atoms with E-state index in [1.165, 1.54) is 0 Å². The highest BCUT2D eigenvalue weighted by atomic mass is 35.5. The zero-order valence-electron chi connectivity index (χ0n) is 19.5. The highest BCUT2D eigenvalue weighted by Gasteiger charge is 2.43. The Bertz CT molecular complexity index is 951. The normalized spacial score (nSPS) is 16.2. The molecule has 2 aromatic rings. The van der Waals surface area contributed by atoms with Crippen LogP contribution in [0, 0.1) is 0 Å². The van der Waals surface area contributed by atoms with Crippen LogP contribution < -0.4 is 5.32 Å². The van der Waals surface area contributed by atoms with Crippen LogP contribution >= 0.6 is 11.6 Å². The number of hydrogen-bond donors (Lipinski definition) is 1. The van der Waals surface area contributed by atoms with E-state index in [0.717, 1.165) is 17.5 Å². The second kappa shape index (κ2) is 11.5. The van der Waals surface area contributed by atoms with E-state index in [0.29, 0.717) is 50.2 Å². The van der Waals surface area contributed by atoms with Crippen LogP contribution in [0.25, 0.3) is 0 Å². The summed E-state index contributed by atoms with van der Waals surface area (Å²) in [4.78, 5) is 40.6. The summed E-state index contributed by atoms with van der Waals surface area (Å²) in [5, 5.41) is 3.52. The van der Waals surface area contributed by atoms with Gasteiger partial charge in [0.15, 0.2) is 0 Å². The third-order valence-electron chi connectivity index (χ3n) is 6.57. The molecule has 0 bridgehead atoms. The largest absolute Gasteiger partial charge is 0.344 e. The Labute approximate surface area is 201 Å². The fraction of sp³-hybridized carbons (Fsp3) is 0.444. The third-order valence-corrected chi connectivity index (χ3v) is 6.83. The number of likely N-dealkylation sites (tertiary alicyclic amines) is 1. The second-order valence-electron chi connectivity index (χ2n) is 8.75. The van der Waals surface area contributed by atoms with Crippen molar-refractivity contribution in [3.8, 4) is 0 Å². The average molecular weight is 469 g/mol. The minimum absolute atomic E-state index is 0.101. The molecule has 0 saturated carbocycles. The van der Waals surface area contributed by atoms with Gasteiger partial charge in [0, 0.05) is 37.4 Å². The zero-order chi connectivity index (χ0) is 23.8. The summed E-state index contributed by atoms with van der Waals surface area (Å²) < 4.78 is 0. The first-order valence-corrected chi connectivity index (χ1v) is 12.2. The van der Waals surface area contributed by atoms with Crippen LogP contribution in [0.3, 0.4) is 0 Å². The number of nitrogens with one attached hydrogen (secondary N) is 1. The highest BCUT2D eigenvalue weighted by molar-refractivity contribution is 6.30. The van der Waals surface area contributed by atoms with Crippen molar-refractivity contribution in [1.29, 1.82) is 0 Å². The molecule has 1 saturated heterocycles. The van der Waals surface area contributed by atoms with E-state index < -0.39 is 11.5 Å². The van der Waals surface area contributed by atoms with Crippen molar-refractivity contribution >= 4 is 29.2 Å². The highest BCUT2D eigenvalue weighted by Crippen LogP contribution is 2.38. The number of carbonyl (C=O) groups excluding carboxylic acids is 3. The van der Waals surface area contributed by atoms with Gasteiger partial charge in [0.1, 0.15) is 11.8 Å². The molecule has 0 aromatic heterocycles. The molecule has 176 valence electrons. The summed E-state index contributed by atoms with van der Waals surface area (Å²) in [5.41, 5.74) is 1.42. The van der Waals surface area contributed by atoms with Crippen molar-refractivity contribution in [2.75, 3.05) is 13.1 Å². The third kappa shape index (κ3) is 6.02. The molecular weight excluding hydrogens is 436 g/mol. The molecule has 0 radical (unpaired) electrons. The molecule has 6 heteroatoms. The lowest BCUT2D eigenvalue weighted by molar-refractivity contribution is -0.139. The fourth-order valence-corrected chi connectivity index (χ4v) is 4.76. The number of carbonyl (C=O) groups is 3. The Kier molecular flexibility index (Phi) is 8.67. The average Bonchev–Trinajstić information content (AvgIpc) is 2.85. The van der Waals surface area contributed by atoms with Crippen LogP contribution in [0.5, 0.6) is 0 Å². The predicted molar refractivity (Wildman–Crippen MR) is 131 cm³/mol. The van der Waals surface area contributed by atoms with Gasteiger partial charge in [-0.1, -0.05) is 67.9 Å². The second-order valence-corrected chi connectivity index (χ2v) is 9.19. The predicted octanol–water partition coefficient (Wildman–Crippen LogP) is 4.71. The van der Waals surface area contributed by atoms with E-state index in [-0.39, 0.29) is 17.6 Å². The van der Waals surface area contributed by atoms with Crippen molar-refractivity contribution < 1.29 is 14.4 Å². The molecule has 1 unspecified atom stereocenters. The molecule has 5 nitrogen and oxygen atoms in total. The first-order valence-electron chi connectivity index (χ1n) is 11.8. The van der Waals surface area contributed by atoms with Crippen LogP contribution in [0.1, 0.15) is 57.1 Å². The van der Waals surface area contributed by atoms with Gasteiger partial charge in [0.05, 0.1) is 5.41 Å². The van der Waals surface area contributed by atoms with Crippen LogP contribution in [0.4, 0.5) is 0 Å². The number of benzene rings is 2. The van der Waals surface area contributed by atoms with Crippen LogP contribution in [0.2, 0.25) is 5.02 Å². The van der Waals surface area contributed by atoms with E-state index in [1.807, 2.05) is 49.4 Å². The fourth-order valence-electron chi connectivity index (χ4n) is 4.63. The molecular formula is C27H33ClN2O3. The topological polar surface area (TPSA) is 66.5 Å². The molecule has 1 fully saturated rings. The van der Waals surface area contributed by atoms with Gasteiger partial charge in [-0.15, -0.1) is 0 Å². The molecule has 1 heterocycles. The van der Waals surface area contributed by atoms with Crippen LogP contribution in [0.15, 0.2) is 54.6 Å². The minimum Gasteiger partial charge on any atom is -0.344 e. The van der Waals surface area contributed by atoms with Crippen LogP contribution in [-0.2, 0) is 26.2 Å². The van der Waals surface area contributed by atoms with E-state index in [1.54, 1.807) is 24.0 Å². The van der Waals surface area contributed by atoms with Crippen LogP contribution in [-0.4, -0.2) is 41.6 Å². The maximum absolute atomic E-state index is 13.5. The Morgan fingerprint density at radius 1 is 1.00 bits per heavy atom. The standard InChI is InChI=1S/C27H33ClN2O3/c1-3-8-24(31)27(21-9-6-5-7-10-21)15-17-30(18-16-27)26(33)23(29-25(32)4-2)19-20-11-13-22(28)14-12-20/h5-7,9-14,23H,3-4,8,15-19H2,1-2H3,(H,29,32). The molecule has 1 aliphatic rings. The van der Waals surface area contributed by atoms with E-state index in [4.69, 9.17) is 11.6 Å². The number of amides is 2. The number of Topliss-reactive ketones (excluding diaryl/α,β-unsaturated/α-hetero) is 1. The number of nitrogens with zero attached hydrogens (tertiary/aromatic N) is 1. The van der Waals surface area contributed by atoms with Gasteiger partial charge in [-0.3, -0.25) is 14.4 Å². The Balaban J connectivity index is 1.77. The van der Waals surface area contributed by atoms with Crippen molar-refractivity contribution in [2.45, 2.75) is 63.8 Å². The molecule has 1 aliphatic heterocycles. The van der Waals surface area contributed by atoms with Gasteiger partial charge in [-0.05, 0) is 42.5 Å². The van der Waals surface area contributed by atoms with Crippen molar-refractivity contribution in [3.63, 3.8) is 0 Å². The molecule has 3 rings (SSSR count). The maximum Gasteiger partial charge on any atom is 0.245 e. The minimum atomic E-state index is -0.644.